The van der Waals surface area contributed by atoms with Crippen LogP contribution in [0.2, 0.25) is 10.0 Å². The lowest BCUT2D eigenvalue weighted by atomic mass is 9.93. The normalized spacial score (nSPS) is 17.9. The lowest BCUT2D eigenvalue weighted by molar-refractivity contribution is -0.116. The monoisotopic (exact) mass is 329 g/mol. The van der Waals surface area contributed by atoms with Crippen LogP contribution < -0.4 is 11.1 Å². The number of nitrogens with one attached hydrogen (secondary N) is 1. The van der Waals surface area contributed by atoms with E-state index in [1.54, 1.807) is 12.1 Å². The van der Waals surface area contributed by atoms with Gasteiger partial charge in [0, 0.05) is 24.5 Å². The Morgan fingerprint density at radius 3 is 2.71 bits per heavy atom. The van der Waals surface area contributed by atoms with Crippen LogP contribution in [0.1, 0.15) is 26.7 Å². The zero-order valence-corrected chi connectivity index (χ0v) is 13.9. The molecule has 1 aromatic rings. The van der Waals surface area contributed by atoms with Gasteiger partial charge < -0.3 is 16.0 Å². The second kappa shape index (κ2) is 6.42. The number of anilines is 2. The largest absolute Gasteiger partial charge is 0.397 e. The molecule has 21 heavy (non-hydrogen) atoms. The number of carbonyl (C=O) groups is 1. The third-order valence-electron chi connectivity index (χ3n) is 3.76. The van der Waals surface area contributed by atoms with Gasteiger partial charge in [-0.05, 0) is 30.5 Å². The molecule has 0 spiro atoms. The Kier molecular flexibility index (Phi) is 5.02. The van der Waals surface area contributed by atoms with Gasteiger partial charge in [0.15, 0.2) is 0 Å². The van der Waals surface area contributed by atoms with Gasteiger partial charge in [-0.1, -0.05) is 37.0 Å². The molecule has 0 unspecified atom stereocenters. The number of benzene rings is 1. The van der Waals surface area contributed by atoms with Crippen molar-refractivity contribution in [3.63, 3.8) is 0 Å². The fourth-order valence-electron chi connectivity index (χ4n) is 2.60. The number of rotatable bonds is 4. The van der Waals surface area contributed by atoms with E-state index in [9.17, 15) is 4.79 Å². The highest BCUT2D eigenvalue weighted by Gasteiger charge is 2.28. The minimum Gasteiger partial charge on any atom is -0.397 e. The summed E-state index contributed by atoms with van der Waals surface area (Å²) in [5, 5.41) is 3.58. The van der Waals surface area contributed by atoms with Crippen molar-refractivity contribution in [3.8, 4) is 0 Å². The number of hydrogen-bond donors (Lipinski definition) is 2. The molecule has 116 valence electrons. The summed E-state index contributed by atoms with van der Waals surface area (Å²) in [6.45, 7) is 7.33. The molecule has 1 heterocycles. The van der Waals surface area contributed by atoms with Crippen LogP contribution in [0.5, 0.6) is 0 Å². The Morgan fingerprint density at radius 1 is 1.43 bits per heavy atom. The van der Waals surface area contributed by atoms with Crippen molar-refractivity contribution in [1.29, 1.82) is 0 Å². The Balaban J connectivity index is 1.88. The number of carbonyl (C=O) groups excluding carboxylic acids is 1. The van der Waals surface area contributed by atoms with Gasteiger partial charge in [0.25, 0.3) is 0 Å². The summed E-state index contributed by atoms with van der Waals surface area (Å²) in [5.74, 6) is -0.0874. The fraction of sp³-hybridized carbons (Fsp3) is 0.533. The summed E-state index contributed by atoms with van der Waals surface area (Å²) >= 11 is 11.9. The number of nitrogen functional groups attached to an aromatic ring is 1. The lowest BCUT2D eigenvalue weighted by Crippen LogP contribution is -2.27. The van der Waals surface area contributed by atoms with Crippen LogP contribution in [-0.4, -0.2) is 30.4 Å². The molecule has 1 saturated heterocycles. The van der Waals surface area contributed by atoms with Crippen molar-refractivity contribution in [1.82, 2.24) is 4.90 Å². The van der Waals surface area contributed by atoms with Crippen LogP contribution in [0.25, 0.3) is 0 Å². The summed E-state index contributed by atoms with van der Waals surface area (Å²) in [6, 6.07) is 3.14. The predicted molar refractivity (Wildman–Crippen MR) is 89.0 cm³/mol. The number of hydrogen-bond acceptors (Lipinski definition) is 3. The Bertz CT molecular complexity index is 523. The van der Waals surface area contributed by atoms with Gasteiger partial charge in [0.2, 0.25) is 5.91 Å². The van der Waals surface area contributed by atoms with Crippen molar-refractivity contribution in [2.45, 2.75) is 26.7 Å². The highest BCUT2D eigenvalue weighted by atomic mass is 35.5. The van der Waals surface area contributed by atoms with E-state index in [-0.39, 0.29) is 5.91 Å². The Labute approximate surface area is 135 Å². The second-order valence-electron chi connectivity index (χ2n) is 6.34. The van der Waals surface area contributed by atoms with E-state index in [4.69, 9.17) is 28.9 Å². The van der Waals surface area contributed by atoms with E-state index in [0.29, 0.717) is 33.3 Å². The first-order valence-corrected chi connectivity index (χ1v) is 7.79. The standard InChI is InChI=1S/C15H21Cl2N3O/c1-15(2)4-6-20(9-15)5-3-13(21)19-14-11(17)7-10(16)8-12(14)18/h7-8H,3-6,9,18H2,1-2H3,(H,19,21). The molecule has 3 N–H and O–H groups in total. The molecular weight excluding hydrogens is 309 g/mol. The van der Waals surface area contributed by atoms with Crippen molar-refractivity contribution in [2.75, 3.05) is 30.7 Å². The molecule has 1 fully saturated rings. The van der Waals surface area contributed by atoms with Gasteiger partial charge in [0.1, 0.15) is 0 Å². The number of nitrogens with zero attached hydrogens (tertiary/aromatic N) is 1. The second-order valence-corrected chi connectivity index (χ2v) is 7.18. The molecule has 2 rings (SSSR count). The molecular formula is C15H21Cl2N3O. The first-order valence-electron chi connectivity index (χ1n) is 7.03. The summed E-state index contributed by atoms with van der Waals surface area (Å²) in [5.41, 5.74) is 6.99. The molecule has 1 aromatic carbocycles. The molecule has 1 aliphatic rings. The highest BCUT2D eigenvalue weighted by Crippen LogP contribution is 2.32. The maximum atomic E-state index is 12.0. The Hall–Kier alpha value is -0.970. The first-order chi connectivity index (χ1) is 9.77. The van der Waals surface area contributed by atoms with Gasteiger partial charge >= 0.3 is 0 Å². The topological polar surface area (TPSA) is 58.4 Å². The van der Waals surface area contributed by atoms with Crippen LogP contribution in [0, 0.1) is 5.41 Å². The van der Waals surface area contributed by atoms with E-state index in [1.807, 2.05) is 0 Å². The van der Waals surface area contributed by atoms with E-state index < -0.39 is 0 Å². The fourth-order valence-corrected chi connectivity index (χ4v) is 3.16. The molecule has 1 aliphatic heterocycles. The van der Waals surface area contributed by atoms with E-state index >= 15 is 0 Å². The minimum absolute atomic E-state index is 0.0874. The zero-order chi connectivity index (χ0) is 15.6. The molecule has 1 amide bonds. The minimum atomic E-state index is -0.0874. The van der Waals surface area contributed by atoms with Crippen LogP contribution in [-0.2, 0) is 4.79 Å². The molecule has 4 nitrogen and oxygen atoms in total. The summed E-state index contributed by atoms with van der Waals surface area (Å²) in [7, 11) is 0. The number of amides is 1. The number of likely N-dealkylation sites (tertiary alicyclic amines) is 1. The smallest absolute Gasteiger partial charge is 0.225 e. The van der Waals surface area contributed by atoms with Gasteiger partial charge in [0.05, 0.1) is 16.4 Å². The predicted octanol–water partition coefficient (Wildman–Crippen LogP) is 3.64. The summed E-state index contributed by atoms with van der Waals surface area (Å²) < 4.78 is 0. The molecule has 0 saturated carbocycles. The van der Waals surface area contributed by atoms with Crippen molar-refractivity contribution >= 4 is 40.5 Å². The number of nitrogens with two attached hydrogens (primary N) is 1. The SMILES string of the molecule is CC1(C)CCN(CCC(=O)Nc2c(N)cc(Cl)cc2Cl)C1. The van der Waals surface area contributed by atoms with Gasteiger partial charge in [-0.25, -0.2) is 0 Å². The van der Waals surface area contributed by atoms with Crippen molar-refractivity contribution in [3.05, 3.63) is 22.2 Å². The average Bonchev–Trinajstić information content (AvgIpc) is 2.71. The molecule has 0 aromatic heterocycles. The van der Waals surface area contributed by atoms with Crippen LogP contribution in [0.4, 0.5) is 11.4 Å². The number of halogens is 2. The maximum absolute atomic E-state index is 12.0. The lowest BCUT2D eigenvalue weighted by Gasteiger charge is -2.19. The summed E-state index contributed by atoms with van der Waals surface area (Å²) in [4.78, 5) is 14.3. The van der Waals surface area contributed by atoms with Gasteiger partial charge in [-0.2, -0.15) is 0 Å². The van der Waals surface area contributed by atoms with E-state index in [1.165, 1.54) is 6.42 Å². The van der Waals surface area contributed by atoms with Crippen LogP contribution in [0.3, 0.4) is 0 Å². The van der Waals surface area contributed by atoms with Crippen LogP contribution >= 0.6 is 23.2 Å². The maximum Gasteiger partial charge on any atom is 0.225 e. The highest BCUT2D eigenvalue weighted by molar-refractivity contribution is 6.37. The van der Waals surface area contributed by atoms with Gasteiger partial charge in [-0.15, -0.1) is 0 Å². The molecule has 0 aliphatic carbocycles. The molecule has 0 atom stereocenters. The van der Waals surface area contributed by atoms with Crippen molar-refractivity contribution < 1.29 is 4.79 Å². The van der Waals surface area contributed by atoms with Crippen LogP contribution in [0.15, 0.2) is 12.1 Å². The van der Waals surface area contributed by atoms with Gasteiger partial charge in [-0.3, -0.25) is 4.79 Å². The molecule has 6 heteroatoms. The Morgan fingerprint density at radius 2 is 2.14 bits per heavy atom. The third kappa shape index (κ3) is 4.50. The van der Waals surface area contributed by atoms with E-state index in [0.717, 1.165) is 19.6 Å². The molecule has 0 bridgehead atoms. The summed E-state index contributed by atoms with van der Waals surface area (Å²) in [6.07, 6.45) is 1.60. The molecule has 0 radical (unpaired) electrons. The third-order valence-corrected chi connectivity index (χ3v) is 4.28. The first kappa shape index (κ1) is 16.4. The zero-order valence-electron chi connectivity index (χ0n) is 12.4. The average molecular weight is 330 g/mol. The quantitative estimate of drug-likeness (QED) is 0.829. The van der Waals surface area contributed by atoms with Crippen molar-refractivity contribution in [2.24, 2.45) is 5.41 Å². The van der Waals surface area contributed by atoms with E-state index in [2.05, 4.69) is 24.1 Å².